The molecule has 1 aliphatic heterocycles. The van der Waals surface area contributed by atoms with Gasteiger partial charge in [0.15, 0.2) is 0 Å². The summed E-state index contributed by atoms with van der Waals surface area (Å²) in [5, 5.41) is 0.820. The highest BCUT2D eigenvalue weighted by Crippen LogP contribution is 2.20. The highest BCUT2D eigenvalue weighted by atomic mass is 35.5. The van der Waals surface area contributed by atoms with E-state index in [1.54, 1.807) is 0 Å². The summed E-state index contributed by atoms with van der Waals surface area (Å²) in [4.78, 5) is 2.36. The number of halogens is 1. The van der Waals surface area contributed by atoms with Gasteiger partial charge in [-0.15, -0.1) is 0 Å². The van der Waals surface area contributed by atoms with Crippen LogP contribution in [0.3, 0.4) is 0 Å². The first-order valence-corrected chi connectivity index (χ1v) is 6.62. The van der Waals surface area contributed by atoms with Crippen molar-refractivity contribution < 1.29 is 4.74 Å². The Kier molecular flexibility index (Phi) is 5.20. The first kappa shape index (κ1) is 13.6. The van der Waals surface area contributed by atoms with E-state index in [0.29, 0.717) is 6.54 Å². The summed E-state index contributed by atoms with van der Waals surface area (Å²) in [6, 6.07) is 6.16. The van der Waals surface area contributed by atoms with Crippen LogP contribution in [0.5, 0.6) is 0 Å². The lowest BCUT2D eigenvalue weighted by molar-refractivity contribution is 0.0342. The van der Waals surface area contributed by atoms with Gasteiger partial charge in [0.25, 0.3) is 0 Å². The Balaban J connectivity index is 2.02. The summed E-state index contributed by atoms with van der Waals surface area (Å²) in [6.45, 7) is 5.02. The van der Waals surface area contributed by atoms with E-state index >= 15 is 0 Å². The molecule has 0 atom stereocenters. The van der Waals surface area contributed by atoms with Crippen LogP contribution in [-0.4, -0.2) is 37.7 Å². The molecule has 1 aromatic rings. The minimum Gasteiger partial charge on any atom is -0.379 e. The lowest BCUT2D eigenvalue weighted by atomic mass is 10.1. The van der Waals surface area contributed by atoms with Crippen molar-refractivity contribution >= 4 is 17.7 Å². The molecule has 0 spiro atoms. The third kappa shape index (κ3) is 3.82. The second-order valence-corrected chi connectivity index (χ2v) is 4.78. The predicted molar refractivity (Wildman–Crippen MR) is 75.6 cm³/mol. The van der Waals surface area contributed by atoms with Gasteiger partial charge in [0, 0.05) is 31.2 Å². The smallest absolute Gasteiger partial charge is 0.0594 e. The molecule has 4 heteroatoms. The van der Waals surface area contributed by atoms with Gasteiger partial charge in [-0.05, 0) is 17.2 Å². The van der Waals surface area contributed by atoms with E-state index in [9.17, 15) is 0 Å². The SMILES string of the molecule is NC/C=C/c1ccc(CN2CCOCC2)c(Cl)c1. The highest BCUT2D eigenvalue weighted by molar-refractivity contribution is 6.31. The molecule has 0 radical (unpaired) electrons. The standard InChI is InChI=1S/C14H19ClN2O/c15-14-10-12(2-1-5-16)3-4-13(14)11-17-6-8-18-9-7-17/h1-4,10H,5-9,11,16H2/b2-1+. The number of ether oxygens (including phenoxy) is 1. The Labute approximate surface area is 113 Å². The highest BCUT2D eigenvalue weighted by Gasteiger charge is 2.12. The first-order valence-electron chi connectivity index (χ1n) is 6.25. The minimum absolute atomic E-state index is 0.549. The van der Waals surface area contributed by atoms with Crippen molar-refractivity contribution in [3.63, 3.8) is 0 Å². The summed E-state index contributed by atoms with van der Waals surface area (Å²) >= 11 is 6.30. The molecule has 0 aliphatic carbocycles. The number of morpholine rings is 1. The van der Waals surface area contributed by atoms with E-state index in [2.05, 4.69) is 17.0 Å². The molecule has 0 saturated carbocycles. The zero-order valence-corrected chi connectivity index (χ0v) is 11.2. The van der Waals surface area contributed by atoms with Crippen LogP contribution in [0.4, 0.5) is 0 Å². The normalized spacial score (nSPS) is 17.4. The number of benzene rings is 1. The van der Waals surface area contributed by atoms with Crippen LogP contribution in [0, 0.1) is 0 Å². The average molecular weight is 267 g/mol. The van der Waals surface area contributed by atoms with Crippen molar-refractivity contribution in [2.75, 3.05) is 32.8 Å². The van der Waals surface area contributed by atoms with Gasteiger partial charge in [0.05, 0.1) is 13.2 Å². The van der Waals surface area contributed by atoms with Gasteiger partial charge in [0.2, 0.25) is 0 Å². The molecule has 3 nitrogen and oxygen atoms in total. The van der Waals surface area contributed by atoms with Crippen molar-refractivity contribution in [3.8, 4) is 0 Å². The minimum atomic E-state index is 0.549. The lowest BCUT2D eigenvalue weighted by Gasteiger charge is -2.26. The maximum atomic E-state index is 6.30. The van der Waals surface area contributed by atoms with Crippen LogP contribution in [0.25, 0.3) is 6.08 Å². The molecule has 0 unspecified atom stereocenters. The van der Waals surface area contributed by atoms with Crippen molar-refractivity contribution in [2.24, 2.45) is 5.73 Å². The fourth-order valence-corrected chi connectivity index (χ4v) is 2.25. The molecule has 1 aromatic carbocycles. The van der Waals surface area contributed by atoms with E-state index in [4.69, 9.17) is 22.1 Å². The van der Waals surface area contributed by atoms with E-state index in [1.807, 2.05) is 18.2 Å². The lowest BCUT2D eigenvalue weighted by Crippen LogP contribution is -2.35. The maximum Gasteiger partial charge on any atom is 0.0594 e. The molecular formula is C14H19ClN2O. The second-order valence-electron chi connectivity index (χ2n) is 4.38. The molecule has 0 aromatic heterocycles. The quantitative estimate of drug-likeness (QED) is 0.908. The third-order valence-electron chi connectivity index (χ3n) is 3.02. The van der Waals surface area contributed by atoms with Crippen molar-refractivity contribution in [1.29, 1.82) is 0 Å². The van der Waals surface area contributed by atoms with Crippen LogP contribution >= 0.6 is 11.6 Å². The van der Waals surface area contributed by atoms with E-state index in [1.165, 1.54) is 5.56 Å². The Morgan fingerprint density at radius 1 is 1.33 bits per heavy atom. The largest absolute Gasteiger partial charge is 0.379 e. The monoisotopic (exact) mass is 266 g/mol. The number of hydrogen-bond donors (Lipinski definition) is 1. The van der Waals surface area contributed by atoms with Crippen LogP contribution in [0.2, 0.25) is 5.02 Å². The summed E-state index contributed by atoms with van der Waals surface area (Å²) < 4.78 is 5.34. The topological polar surface area (TPSA) is 38.5 Å². The average Bonchev–Trinajstić information content (AvgIpc) is 2.40. The Morgan fingerprint density at radius 3 is 2.78 bits per heavy atom. The number of hydrogen-bond acceptors (Lipinski definition) is 3. The summed E-state index contributed by atoms with van der Waals surface area (Å²) in [6.07, 6.45) is 3.91. The molecule has 0 amide bonds. The van der Waals surface area contributed by atoms with Gasteiger partial charge >= 0.3 is 0 Å². The first-order chi connectivity index (χ1) is 8.79. The van der Waals surface area contributed by atoms with Crippen LogP contribution in [-0.2, 0) is 11.3 Å². The second kappa shape index (κ2) is 6.90. The molecule has 18 heavy (non-hydrogen) atoms. The summed E-state index contributed by atoms with van der Waals surface area (Å²) in [5.41, 5.74) is 7.69. The van der Waals surface area contributed by atoms with E-state index in [0.717, 1.165) is 43.4 Å². The number of nitrogens with zero attached hydrogens (tertiary/aromatic N) is 1. The molecular weight excluding hydrogens is 248 g/mol. The molecule has 2 N–H and O–H groups in total. The van der Waals surface area contributed by atoms with Gasteiger partial charge in [-0.3, -0.25) is 4.90 Å². The fourth-order valence-electron chi connectivity index (χ4n) is 2.00. The van der Waals surface area contributed by atoms with Gasteiger partial charge in [-0.1, -0.05) is 35.9 Å². The zero-order chi connectivity index (χ0) is 12.8. The van der Waals surface area contributed by atoms with Gasteiger partial charge in [0.1, 0.15) is 0 Å². The Hall–Kier alpha value is -0.870. The van der Waals surface area contributed by atoms with Crippen molar-refractivity contribution in [3.05, 3.63) is 40.4 Å². The molecule has 1 fully saturated rings. The summed E-state index contributed by atoms with van der Waals surface area (Å²) in [5.74, 6) is 0. The van der Waals surface area contributed by atoms with Gasteiger partial charge < -0.3 is 10.5 Å². The van der Waals surface area contributed by atoms with E-state index in [-0.39, 0.29) is 0 Å². The molecule has 2 rings (SSSR count). The Morgan fingerprint density at radius 2 is 2.11 bits per heavy atom. The van der Waals surface area contributed by atoms with Crippen molar-refractivity contribution in [1.82, 2.24) is 4.90 Å². The van der Waals surface area contributed by atoms with Gasteiger partial charge in [-0.2, -0.15) is 0 Å². The van der Waals surface area contributed by atoms with Crippen molar-refractivity contribution in [2.45, 2.75) is 6.54 Å². The fraction of sp³-hybridized carbons (Fsp3) is 0.429. The Bertz CT molecular complexity index is 414. The molecule has 98 valence electrons. The predicted octanol–water partition coefficient (Wildman–Crippen LogP) is 2.14. The van der Waals surface area contributed by atoms with Gasteiger partial charge in [-0.25, -0.2) is 0 Å². The summed E-state index contributed by atoms with van der Waals surface area (Å²) in [7, 11) is 0. The molecule has 1 heterocycles. The maximum absolute atomic E-state index is 6.30. The van der Waals surface area contributed by atoms with E-state index < -0.39 is 0 Å². The number of rotatable bonds is 4. The van der Waals surface area contributed by atoms with Crippen LogP contribution in [0.1, 0.15) is 11.1 Å². The van der Waals surface area contributed by atoms with Crippen LogP contribution in [0.15, 0.2) is 24.3 Å². The molecule has 1 saturated heterocycles. The zero-order valence-electron chi connectivity index (χ0n) is 10.4. The molecule has 1 aliphatic rings. The molecule has 0 bridgehead atoms. The third-order valence-corrected chi connectivity index (χ3v) is 3.37. The number of nitrogens with two attached hydrogens (primary N) is 1. The van der Waals surface area contributed by atoms with Crippen LogP contribution < -0.4 is 5.73 Å².